The Bertz CT molecular complexity index is 1130. The van der Waals surface area contributed by atoms with Gasteiger partial charge in [0.15, 0.2) is 12.4 Å². The molecule has 1 heterocycles. The third-order valence-corrected chi connectivity index (χ3v) is 5.75. The number of fused-ring (bicyclic) bond motifs is 1. The first-order valence-electron chi connectivity index (χ1n) is 10.7. The van der Waals surface area contributed by atoms with Gasteiger partial charge in [-0.15, -0.1) is 0 Å². The van der Waals surface area contributed by atoms with Crippen molar-refractivity contribution in [1.29, 1.82) is 0 Å². The van der Waals surface area contributed by atoms with Gasteiger partial charge in [-0.2, -0.15) is 13.2 Å². The monoisotopic (exact) mass is 461 g/mol. The Kier molecular flexibility index (Phi) is 6.64. The van der Waals surface area contributed by atoms with E-state index >= 15 is 0 Å². The van der Waals surface area contributed by atoms with Gasteiger partial charge in [0.1, 0.15) is 0 Å². The quantitative estimate of drug-likeness (QED) is 0.550. The van der Waals surface area contributed by atoms with E-state index in [0.29, 0.717) is 35.4 Å². The highest BCUT2D eigenvalue weighted by atomic mass is 19.4. The molecule has 0 atom stereocenters. The van der Waals surface area contributed by atoms with Gasteiger partial charge in [0.2, 0.25) is 5.91 Å². The second-order valence-electron chi connectivity index (χ2n) is 8.84. The fourth-order valence-corrected chi connectivity index (χ4v) is 4.13. The summed E-state index contributed by atoms with van der Waals surface area (Å²) in [6.45, 7) is 6.66. The highest BCUT2D eigenvalue weighted by Gasteiger charge is 2.37. The number of hydrogen-bond acceptors (Lipinski definition) is 3. The van der Waals surface area contributed by atoms with Crippen LogP contribution >= 0.6 is 0 Å². The molecule has 0 aromatic heterocycles. The summed E-state index contributed by atoms with van der Waals surface area (Å²) in [6, 6.07) is 3.76. The normalized spacial score (nSPS) is 17.2. The molecule has 2 aliphatic rings. The van der Waals surface area contributed by atoms with Crippen LogP contribution in [0.15, 0.2) is 41.0 Å². The minimum Gasteiger partial charge on any atom is -0.481 e. The summed E-state index contributed by atoms with van der Waals surface area (Å²) < 4.78 is 43.5. The van der Waals surface area contributed by atoms with E-state index in [4.69, 9.17) is 9.84 Å². The third kappa shape index (κ3) is 5.41. The van der Waals surface area contributed by atoms with Crippen LogP contribution in [-0.4, -0.2) is 36.3 Å². The van der Waals surface area contributed by atoms with Gasteiger partial charge in [0, 0.05) is 41.6 Å². The largest absolute Gasteiger partial charge is 0.481 e. The summed E-state index contributed by atoms with van der Waals surface area (Å²) >= 11 is 0. The number of anilines is 1. The fourth-order valence-electron chi connectivity index (χ4n) is 4.13. The Labute approximate surface area is 190 Å². The van der Waals surface area contributed by atoms with Gasteiger partial charge in [0.25, 0.3) is 0 Å². The molecule has 1 aromatic carbocycles. The second kappa shape index (κ2) is 8.97. The number of carboxylic acids is 1. The van der Waals surface area contributed by atoms with E-state index in [1.54, 1.807) is 17.0 Å². The minimum absolute atomic E-state index is 0.0200. The van der Waals surface area contributed by atoms with Crippen LogP contribution in [0.5, 0.6) is 0 Å². The molecule has 1 N–H and O–H groups in total. The van der Waals surface area contributed by atoms with E-state index in [1.165, 1.54) is 0 Å². The Morgan fingerprint density at radius 3 is 2.58 bits per heavy atom. The third-order valence-electron chi connectivity index (χ3n) is 5.75. The van der Waals surface area contributed by atoms with E-state index in [9.17, 15) is 22.8 Å². The molecule has 3 rings (SSSR count). The Morgan fingerprint density at radius 1 is 1.27 bits per heavy atom. The minimum atomic E-state index is -4.53. The summed E-state index contributed by atoms with van der Waals surface area (Å²) in [7, 11) is 0. The number of carbonyl (C=O) groups excluding carboxylic acids is 1. The van der Waals surface area contributed by atoms with Gasteiger partial charge in [0.05, 0.1) is 0 Å². The van der Waals surface area contributed by atoms with Crippen molar-refractivity contribution >= 4 is 23.1 Å². The lowest BCUT2D eigenvalue weighted by Gasteiger charge is -2.39. The summed E-state index contributed by atoms with van der Waals surface area (Å²) in [5.41, 5.74) is 8.90. The van der Waals surface area contributed by atoms with Crippen molar-refractivity contribution in [2.24, 2.45) is 0 Å². The Hall–Kier alpha value is -3.21. The van der Waals surface area contributed by atoms with Gasteiger partial charge in [-0.05, 0) is 54.8 Å². The molecule has 0 radical (unpaired) electrons. The Morgan fingerprint density at radius 2 is 1.97 bits per heavy atom. The number of ether oxygens (including phenoxy) is 1. The molecule has 5 nitrogen and oxygen atoms in total. The number of amides is 1. The topological polar surface area (TPSA) is 66.8 Å². The van der Waals surface area contributed by atoms with Gasteiger partial charge in [-0.25, -0.2) is 0 Å². The van der Waals surface area contributed by atoms with Crippen molar-refractivity contribution in [3.8, 4) is 0 Å². The van der Waals surface area contributed by atoms with Crippen LogP contribution in [0.25, 0.3) is 5.57 Å². The van der Waals surface area contributed by atoms with E-state index < -0.39 is 18.8 Å². The maximum absolute atomic E-state index is 12.8. The summed E-state index contributed by atoms with van der Waals surface area (Å²) in [4.78, 5) is 25.4. The molecule has 8 heteroatoms. The molecule has 1 aliphatic carbocycles. The maximum atomic E-state index is 12.8. The summed E-state index contributed by atoms with van der Waals surface area (Å²) in [5, 5.41) is 8.99. The molecule has 176 valence electrons. The first-order valence-corrected chi connectivity index (χ1v) is 10.7. The van der Waals surface area contributed by atoms with Gasteiger partial charge >= 0.3 is 12.1 Å². The number of aryl methyl sites for hydroxylation is 1. The van der Waals surface area contributed by atoms with Crippen LogP contribution in [0.2, 0.25) is 0 Å². The zero-order chi connectivity index (χ0) is 24.6. The number of rotatable bonds is 7. The molecule has 1 amide bonds. The number of halogens is 3. The molecule has 0 fully saturated rings. The number of aliphatic carboxylic acids is 1. The van der Waals surface area contributed by atoms with Crippen molar-refractivity contribution in [2.75, 3.05) is 18.1 Å². The first-order chi connectivity index (χ1) is 15.3. The van der Waals surface area contributed by atoms with Crippen molar-refractivity contribution in [3.05, 3.63) is 57.7 Å². The molecule has 0 saturated heterocycles. The number of alkyl halides is 3. The average molecular weight is 461 g/mol. The first kappa shape index (κ1) is 24.4. The Balaban J connectivity index is 2.13. The lowest BCUT2D eigenvalue weighted by atomic mass is 9.75. The second-order valence-corrected chi connectivity index (χ2v) is 8.84. The smallest absolute Gasteiger partial charge is 0.422 e. The SMILES string of the molecule is CCN1C(=O)CC(C)(C)c2cc(C)c(C3=CC(CCC(=O)O)=C=C=C3OCC(F)(F)F)cc21. The lowest BCUT2D eigenvalue weighted by molar-refractivity contribution is -0.163. The zero-order valence-corrected chi connectivity index (χ0v) is 19.0. The van der Waals surface area contributed by atoms with Crippen molar-refractivity contribution in [2.45, 2.75) is 58.5 Å². The molecule has 0 spiro atoms. The standard InChI is InChI=1S/C25H26F3NO4/c1-5-29-20-12-17(15(2)10-19(20)24(3,4)13-22(29)30)18-11-16(7-9-23(31)32)6-8-21(18)33-14-25(26,27)28/h10-12H,5,7,9,13-14H2,1-4H3,(H,31,32). The van der Waals surface area contributed by atoms with Gasteiger partial charge < -0.3 is 14.7 Å². The molecule has 1 aliphatic heterocycles. The van der Waals surface area contributed by atoms with Gasteiger partial charge in [-0.1, -0.05) is 25.6 Å². The van der Waals surface area contributed by atoms with Crippen LogP contribution in [-0.2, 0) is 19.7 Å². The van der Waals surface area contributed by atoms with Crippen LogP contribution < -0.4 is 4.90 Å². The number of hydrogen-bond donors (Lipinski definition) is 1. The fraction of sp³-hybridized carbons (Fsp3) is 0.440. The highest BCUT2D eigenvalue weighted by molar-refractivity contribution is 5.99. The molecular formula is C25H26F3NO4. The summed E-state index contributed by atoms with van der Waals surface area (Å²) in [5.74, 6) is -1.14. The van der Waals surface area contributed by atoms with Crippen LogP contribution in [0.3, 0.4) is 0 Å². The van der Waals surface area contributed by atoms with Crippen LogP contribution in [0.1, 0.15) is 56.7 Å². The summed E-state index contributed by atoms with van der Waals surface area (Å²) in [6.07, 6.45) is -2.59. The van der Waals surface area contributed by atoms with Crippen molar-refractivity contribution in [3.63, 3.8) is 0 Å². The van der Waals surface area contributed by atoms with Crippen LogP contribution in [0, 0.1) is 6.92 Å². The molecule has 0 unspecified atom stereocenters. The average Bonchev–Trinajstić information content (AvgIpc) is 2.70. The number of benzene rings is 1. The number of carboxylic acid groups (broad SMARTS) is 1. The van der Waals surface area contributed by atoms with E-state index in [2.05, 4.69) is 11.5 Å². The number of nitrogens with zero attached hydrogens (tertiary/aromatic N) is 1. The van der Waals surface area contributed by atoms with Crippen molar-refractivity contribution < 1.29 is 32.6 Å². The molecule has 1 aromatic rings. The number of allylic oxidation sites excluding steroid dienone is 3. The van der Waals surface area contributed by atoms with E-state index in [-0.39, 0.29) is 29.9 Å². The zero-order valence-electron chi connectivity index (χ0n) is 19.0. The van der Waals surface area contributed by atoms with E-state index in [1.807, 2.05) is 33.8 Å². The number of carbonyl (C=O) groups is 2. The maximum Gasteiger partial charge on any atom is 0.422 e. The van der Waals surface area contributed by atoms with E-state index in [0.717, 1.165) is 11.1 Å². The lowest BCUT2D eigenvalue weighted by Crippen LogP contribution is -2.42. The van der Waals surface area contributed by atoms with Gasteiger partial charge in [-0.3, -0.25) is 9.59 Å². The highest BCUT2D eigenvalue weighted by Crippen LogP contribution is 2.44. The van der Waals surface area contributed by atoms with Crippen LogP contribution in [0.4, 0.5) is 18.9 Å². The molecule has 0 bridgehead atoms. The predicted molar refractivity (Wildman–Crippen MR) is 118 cm³/mol. The molecule has 0 saturated carbocycles. The van der Waals surface area contributed by atoms with Crippen molar-refractivity contribution in [1.82, 2.24) is 0 Å². The molecular weight excluding hydrogens is 435 g/mol. The predicted octanol–water partition coefficient (Wildman–Crippen LogP) is 5.43. The molecule has 33 heavy (non-hydrogen) atoms.